The molecule has 0 fully saturated rings. The molecule has 0 aliphatic carbocycles. The summed E-state index contributed by atoms with van der Waals surface area (Å²) in [5, 5.41) is 13.5. The van der Waals surface area contributed by atoms with Crippen LogP contribution in [0, 0.1) is 0 Å². The highest BCUT2D eigenvalue weighted by atomic mass is 16.5. The number of benzene rings is 1. The predicted molar refractivity (Wildman–Crippen MR) is 86.9 cm³/mol. The summed E-state index contributed by atoms with van der Waals surface area (Å²) in [7, 11) is 1.43. The summed E-state index contributed by atoms with van der Waals surface area (Å²) in [5.74, 6) is -0.655. The number of carbonyl (C=O) groups is 1. The van der Waals surface area contributed by atoms with Gasteiger partial charge in [0.1, 0.15) is 5.69 Å². The molecule has 2 aromatic heterocycles. The van der Waals surface area contributed by atoms with Crippen molar-refractivity contribution in [2.75, 3.05) is 7.11 Å². The van der Waals surface area contributed by atoms with Crippen LogP contribution in [-0.2, 0) is 13.0 Å². The van der Waals surface area contributed by atoms with Crippen molar-refractivity contribution in [3.8, 4) is 17.4 Å². The van der Waals surface area contributed by atoms with E-state index in [4.69, 9.17) is 4.74 Å². The fraction of sp³-hybridized carbons (Fsp3) is 0.176. The molecule has 1 N–H and O–H groups in total. The van der Waals surface area contributed by atoms with Crippen LogP contribution in [0.2, 0.25) is 0 Å². The van der Waals surface area contributed by atoms with Gasteiger partial charge in [-0.3, -0.25) is 4.68 Å². The number of ether oxygens (including phenoxy) is 1. The van der Waals surface area contributed by atoms with Gasteiger partial charge in [0, 0.05) is 18.8 Å². The molecule has 0 bridgehead atoms. The highest BCUT2D eigenvalue weighted by molar-refractivity contribution is 5.86. The zero-order valence-corrected chi connectivity index (χ0v) is 13.1. The number of carboxylic acids is 1. The number of carboxylic acid groups (broad SMARTS) is 1. The van der Waals surface area contributed by atoms with Crippen molar-refractivity contribution in [1.29, 1.82) is 0 Å². The first-order valence-corrected chi connectivity index (χ1v) is 7.40. The molecule has 3 rings (SSSR count). The van der Waals surface area contributed by atoms with Gasteiger partial charge in [-0.1, -0.05) is 30.3 Å². The van der Waals surface area contributed by atoms with Crippen molar-refractivity contribution in [2.24, 2.45) is 0 Å². The summed E-state index contributed by atoms with van der Waals surface area (Å²) in [4.78, 5) is 19.5. The van der Waals surface area contributed by atoms with E-state index in [2.05, 4.69) is 15.1 Å². The summed E-state index contributed by atoms with van der Waals surface area (Å²) in [6.45, 7) is 0.634. The molecular weight excluding hydrogens is 308 g/mol. The van der Waals surface area contributed by atoms with Crippen LogP contribution in [-0.4, -0.2) is 37.9 Å². The maximum atomic E-state index is 11.2. The third-order valence-electron chi connectivity index (χ3n) is 3.53. The number of aromatic nitrogens is 4. The molecule has 122 valence electrons. The van der Waals surface area contributed by atoms with Gasteiger partial charge >= 0.3 is 5.97 Å². The van der Waals surface area contributed by atoms with E-state index in [1.54, 1.807) is 16.9 Å². The Morgan fingerprint density at radius 1 is 1.21 bits per heavy atom. The van der Waals surface area contributed by atoms with Gasteiger partial charge in [-0.2, -0.15) is 10.1 Å². The Bertz CT molecular complexity index is 846. The Kier molecular flexibility index (Phi) is 4.51. The first-order valence-electron chi connectivity index (χ1n) is 7.40. The monoisotopic (exact) mass is 324 g/mol. The summed E-state index contributed by atoms with van der Waals surface area (Å²) >= 11 is 0. The predicted octanol–water partition coefficient (Wildman–Crippen LogP) is 2.29. The molecule has 1 aromatic carbocycles. The van der Waals surface area contributed by atoms with Gasteiger partial charge in [0.2, 0.25) is 5.88 Å². The lowest BCUT2D eigenvalue weighted by Crippen LogP contribution is -2.09. The quantitative estimate of drug-likeness (QED) is 0.748. The van der Waals surface area contributed by atoms with E-state index in [0.717, 1.165) is 6.42 Å². The van der Waals surface area contributed by atoms with Gasteiger partial charge in [-0.15, -0.1) is 0 Å². The average molecular weight is 324 g/mol. The number of methoxy groups -OCH3 is 1. The molecule has 2 heterocycles. The van der Waals surface area contributed by atoms with Crippen LogP contribution in [0.5, 0.6) is 5.88 Å². The maximum absolute atomic E-state index is 11.2. The lowest BCUT2D eigenvalue weighted by molar-refractivity contribution is 0.0690. The molecule has 7 nitrogen and oxygen atoms in total. The van der Waals surface area contributed by atoms with Gasteiger partial charge in [0.15, 0.2) is 11.5 Å². The Balaban J connectivity index is 1.89. The Labute approximate surface area is 138 Å². The summed E-state index contributed by atoms with van der Waals surface area (Å²) < 4.78 is 6.83. The molecule has 0 aliphatic rings. The Morgan fingerprint density at radius 2 is 2.00 bits per heavy atom. The first-order chi connectivity index (χ1) is 11.7. The maximum Gasteiger partial charge on any atom is 0.354 e. The topological polar surface area (TPSA) is 90.1 Å². The Hall–Kier alpha value is -3.22. The van der Waals surface area contributed by atoms with Gasteiger partial charge in [-0.25, -0.2) is 9.78 Å². The highest BCUT2D eigenvalue weighted by Crippen LogP contribution is 2.19. The third kappa shape index (κ3) is 3.40. The van der Waals surface area contributed by atoms with E-state index >= 15 is 0 Å². The zero-order chi connectivity index (χ0) is 16.9. The highest BCUT2D eigenvalue weighted by Gasteiger charge is 2.15. The normalized spacial score (nSPS) is 10.5. The zero-order valence-electron chi connectivity index (χ0n) is 13.1. The van der Waals surface area contributed by atoms with Crippen molar-refractivity contribution >= 4 is 5.97 Å². The van der Waals surface area contributed by atoms with E-state index in [1.807, 2.05) is 30.3 Å². The standard InChI is InChI=1S/C17H16N4O3/c1-24-15-11-13(17(22)23)19-16(20-15)14-7-9-18-21(14)10-8-12-5-3-2-4-6-12/h2-7,9,11H,8,10H2,1H3,(H,22,23). The lowest BCUT2D eigenvalue weighted by Gasteiger charge is -2.08. The fourth-order valence-electron chi connectivity index (χ4n) is 2.33. The average Bonchev–Trinajstić information content (AvgIpc) is 3.09. The van der Waals surface area contributed by atoms with Crippen molar-refractivity contribution in [2.45, 2.75) is 13.0 Å². The molecule has 0 amide bonds. The van der Waals surface area contributed by atoms with E-state index in [9.17, 15) is 9.90 Å². The SMILES string of the molecule is COc1cc(C(=O)O)nc(-c2ccnn2CCc2ccccc2)n1. The molecule has 0 spiro atoms. The largest absolute Gasteiger partial charge is 0.481 e. The summed E-state index contributed by atoms with van der Waals surface area (Å²) in [6.07, 6.45) is 2.44. The minimum absolute atomic E-state index is 0.118. The minimum Gasteiger partial charge on any atom is -0.481 e. The van der Waals surface area contributed by atoms with E-state index in [1.165, 1.54) is 18.7 Å². The molecule has 0 aliphatic heterocycles. The number of hydrogen-bond acceptors (Lipinski definition) is 5. The smallest absolute Gasteiger partial charge is 0.354 e. The molecular formula is C17H16N4O3. The number of rotatable bonds is 6. The molecule has 0 radical (unpaired) electrons. The molecule has 0 atom stereocenters. The van der Waals surface area contributed by atoms with Crippen LogP contribution < -0.4 is 4.74 Å². The molecule has 7 heteroatoms. The van der Waals surface area contributed by atoms with Crippen LogP contribution >= 0.6 is 0 Å². The summed E-state index contributed by atoms with van der Waals surface area (Å²) in [6, 6.07) is 13.1. The first kappa shape index (κ1) is 15.7. The molecule has 3 aromatic rings. The van der Waals surface area contributed by atoms with Gasteiger partial charge < -0.3 is 9.84 Å². The molecule has 0 saturated carbocycles. The molecule has 0 saturated heterocycles. The van der Waals surface area contributed by atoms with Crippen molar-refractivity contribution in [1.82, 2.24) is 19.7 Å². The molecule has 24 heavy (non-hydrogen) atoms. The van der Waals surface area contributed by atoms with Crippen molar-refractivity contribution in [3.63, 3.8) is 0 Å². The van der Waals surface area contributed by atoms with Crippen LogP contribution in [0.3, 0.4) is 0 Å². The van der Waals surface area contributed by atoms with Crippen LogP contribution in [0.1, 0.15) is 16.1 Å². The van der Waals surface area contributed by atoms with Crippen molar-refractivity contribution < 1.29 is 14.6 Å². The van der Waals surface area contributed by atoms with E-state index in [-0.39, 0.29) is 17.4 Å². The van der Waals surface area contributed by atoms with Crippen LogP contribution in [0.15, 0.2) is 48.7 Å². The second kappa shape index (κ2) is 6.91. The summed E-state index contributed by atoms with van der Waals surface area (Å²) in [5.41, 5.74) is 1.72. The number of aromatic carboxylic acids is 1. The third-order valence-corrected chi connectivity index (χ3v) is 3.53. The Morgan fingerprint density at radius 3 is 2.71 bits per heavy atom. The van der Waals surface area contributed by atoms with E-state index < -0.39 is 5.97 Å². The van der Waals surface area contributed by atoms with Gasteiger partial charge in [0.05, 0.1) is 7.11 Å². The minimum atomic E-state index is -1.13. The second-order valence-corrected chi connectivity index (χ2v) is 5.10. The van der Waals surface area contributed by atoms with Crippen LogP contribution in [0.4, 0.5) is 0 Å². The second-order valence-electron chi connectivity index (χ2n) is 5.10. The van der Waals surface area contributed by atoms with Crippen molar-refractivity contribution in [3.05, 3.63) is 59.9 Å². The van der Waals surface area contributed by atoms with Gasteiger partial charge in [0.25, 0.3) is 0 Å². The van der Waals surface area contributed by atoms with E-state index in [0.29, 0.717) is 12.2 Å². The van der Waals surface area contributed by atoms with Crippen LogP contribution in [0.25, 0.3) is 11.5 Å². The van der Waals surface area contributed by atoms with Gasteiger partial charge in [-0.05, 0) is 18.1 Å². The number of aryl methyl sites for hydroxylation is 2. The fourth-order valence-corrected chi connectivity index (χ4v) is 2.33. The lowest BCUT2D eigenvalue weighted by atomic mass is 10.1. The number of hydrogen-bond donors (Lipinski definition) is 1. The molecule has 0 unspecified atom stereocenters. The number of nitrogens with zero attached hydrogens (tertiary/aromatic N) is 4.